The van der Waals surface area contributed by atoms with Crippen LogP contribution >= 0.6 is 8.53 Å². The first-order valence-electron chi connectivity index (χ1n) is 13.5. The maximum absolute atomic E-state index is 13.7. The second kappa shape index (κ2) is 15.1. The van der Waals surface area contributed by atoms with Crippen LogP contribution in [-0.2, 0) is 9.05 Å². The molecule has 1 atom stereocenters. The molecule has 3 N–H and O–H groups in total. The topological polar surface area (TPSA) is 124 Å². The molecule has 2 aromatic rings. The molecule has 0 aromatic heterocycles. The number of carbonyl (C=O) groups excluding carboxylic acids is 2. The minimum atomic E-state index is -1.31. The summed E-state index contributed by atoms with van der Waals surface area (Å²) in [6, 6.07) is 13.1. The molecule has 0 saturated carbocycles. The fraction of sp³-hybridized carbons (Fsp3) is 0.483. The number of rotatable bonds is 16. The van der Waals surface area contributed by atoms with E-state index in [2.05, 4.69) is 49.1 Å². The van der Waals surface area contributed by atoms with Gasteiger partial charge in [-0.3, -0.25) is 9.59 Å². The average Bonchev–Trinajstić information content (AvgIpc) is 2.91. The minimum absolute atomic E-state index is 0.0381. The van der Waals surface area contributed by atoms with Crippen molar-refractivity contribution >= 4 is 31.5 Å². The van der Waals surface area contributed by atoms with Crippen molar-refractivity contribution in [2.75, 3.05) is 43.5 Å². The highest BCUT2D eigenvalue weighted by Gasteiger charge is 2.33. The number of nitriles is 1. The van der Waals surface area contributed by atoms with Crippen molar-refractivity contribution in [1.29, 1.82) is 5.26 Å². The van der Waals surface area contributed by atoms with E-state index in [1.165, 1.54) is 0 Å². The summed E-state index contributed by atoms with van der Waals surface area (Å²) < 4.78 is 14.3. The molecule has 9 nitrogen and oxygen atoms in total. The van der Waals surface area contributed by atoms with E-state index in [-0.39, 0.29) is 30.3 Å². The first kappa shape index (κ1) is 30.7. The maximum Gasteiger partial charge on any atom is 0.259 e. The lowest BCUT2D eigenvalue weighted by molar-refractivity contribution is 0.0980. The van der Waals surface area contributed by atoms with Gasteiger partial charge in [0.1, 0.15) is 0 Å². The standard InChI is InChI=1S/C29H39N4O5P/c1-20(2)33(21(3)4)39(37-18-7-14-30)38-19-9-16-32-25-13-6-11-23-27(25)29(36)26-22(28(23)35)10-5-12-24(26)31-15-8-17-34/h5-6,10-13,20-21,31-32,34H,7-9,15-19H2,1-4H3. The number of nitrogens with zero attached hydrogens (tertiary/aromatic N) is 2. The number of nitrogens with one attached hydrogen (secondary N) is 2. The van der Waals surface area contributed by atoms with Gasteiger partial charge in [-0.15, -0.1) is 0 Å². The Morgan fingerprint density at radius 2 is 1.41 bits per heavy atom. The summed E-state index contributed by atoms with van der Waals surface area (Å²) in [5.74, 6) is -0.384. The van der Waals surface area contributed by atoms with Crippen LogP contribution in [0.3, 0.4) is 0 Å². The SMILES string of the molecule is CC(C)N(C(C)C)P(OCCC#N)OCCCNc1cccc2c1C(=O)c1c(NCCCO)cccc1C2=O. The molecule has 2 aromatic carbocycles. The number of hydrogen-bond donors (Lipinski definition) is 3. The lowest BCUT2D eigenvalue weighted by Crippen LogP contribution is -2.33. The normalized spacial score (nSPS) is 13.4. The molecular formula is C29H39N4O5P. The highest BCUT2D eigenvalue weighted by atomic mass is 31.2. The van der Waals surface area contributed by atoms with Crippen molar-refractivity contribution in [2.45, 2.75) is 59.0 Å². The Bertz CT molecular complexity index is 1170. The van der Waals surface area contributed by atoms with Crippen LogP contribution < -0.4 is 10.6 Å². The highest BCUT2D eigenvalue weighted by Crippen LogP contribution is 2.46. The quantitative estimate of drug-likeness (QED) is 0.159. The Labute approximate surface area is 232 Å². The van der Waals surface area contributed by atoms with Crippen LogP contribution in [0.15, 0.2) is 36.4 Å². The van der Waals surface area contributed by atoms with E-state index in [1.54, 1.807) is 30.3 Å². The number of aliphatic hydroxyl groups excluding tert-OH is 1. The Balaban J connectivity index is 1.69. The minimum Gasteiger partial charge on any atom is -0.396 e. The van der Waals surface area contributed by atoms with Gasteiger partial charge < -0.3 is 24.8 Å². The van der Waals surface area contributed by atoms with Crippen LogP contribution in [0.1, 0.15) is 78.8 Å². The Hall–Kier alpha value is -2.86. The van der Waals surface area contributed by atoms with Crippen LogP contribution in [0.25, 0.3) is 0 Å². The molecule has 1 aliphatic carbocycles. The molecule has 0 heterocycles. The number of carbonyl (C=O) groups is 2. The van der Waals surface area contributed by atoms with Gasteiger partial charge in [-0.2, -0.15) is 5.26 Å². The summed E-state index contributed by atoms with van der Waals surface area (Å²) in [6.07, 6.45) is 1.50. The monoisotopic (exact) mass is 554 g/mol. The third-order valence-electron chi connectivity index (χ3n) is 6.22. The smallest absolute Gasteiger partial charge is 0.259 e. The van der Waals surface area contributed by atoms with Gasteiger partial charge in [-0.05, 0) is 52.7 Å². The van der Waals surface area contributed by atoms with Crippen molar-refractivity contribution in [3.63, 3.8) is 0 Å². The second-order valence-electron chi connectivity index (χ2n) is 9.78. The van der Waals surface area contributed by atoms with Gasteiger partial charge in [0.25, 0.3) is 8.53 Å². The van der Waals surface area contributed by atoms with E-state index < -0.39 is 8.53 Å². The molecule has 0 bridgehead atoms. The fourth-order valence-corrected chi connectivity index (χ4v) is 6.22. The van der Waals surface area contributed by atoms with Gasteiger partial charge in [0, 0.05) is 54.3 Å². The molecule has 0 aliphatic heterocycles. The number of benzene rings is 2. The number of anilines is 2. The van der Waals surface area contributed by atoms with Crippen molar-refractivity contribution < 1.29 is 23.7 Å². The summed E-state index contributed by atoms with van der Waals surface area (Å²) in [5, 5.41) is 24.5. The van der Waals surface area contributed by atoms with E-state index in [1.807, 2.05) is 6.07 Å². The predicted molar refractivity (Wildman–Crippen MR) is 154 cm³/mol. The van der Waals surface area contributed by atoms with E-state index in [0.717, 1.165) is 0 Å². The molecule has 210 valence electrons. The lowest BCUT2D eigenvalue weighted by atomic mass is 9.82. The molecule has 0 radical (unpaired) electrons. The summed E-state index contributed by atoms with van der Waals surface area (Å²) in [4.78, 5) is 27.0. The van der Waals surface area contributed by atoms with Crippen LogP contribution in [0.4, 0.5) is 11.4 Å². The zero-order valence-corrected chi connectivity index (χ0v) is 24.1. The van der Waals surface area contributed by atoms with Crippen molar-refractivity contribution in [2.24, 2.45) is 0 Å². The number of ketones is 2. The number of fused-ring (bicyclic) bond motifs is 2. The Kier molecular flexibility index (Phi) is 11.9. The van der Waals surface area contributed by atoms with E-state index >= 15 is 0 Å². The highest BCUT2D eigenvalue weighted by molar-refractivity contribution is 7.44. The van der Waals surface area contributed by atoms with Crippen LogP contribution in [0.5, 0.6) is 0 Å². The van der Waals surface area contributed by atoms with Crippen LogP contribution in [0.2, 0.25) is 0 Å². The third-order valence-corrected chi connectivity index (χ3v) is 8.33. The van der Waals surface area contributed by atoms with Gasteiger partial charge >= 0.3 is 0 Å². The summed E-state index contributed by atoms with van der Waals surface area (Å²) >= 11 is 0. The number of aliphatic hydroxyl groups is 1. The van der Waals surface area contributed by atoms with Crippen molar-refractivity contribution in [3.05, 3.63) is 58.7 Å². The molecular weight excluding hydrogens is 515 g/mol. The fourth-order valence-electron chi connectivity index (χ4n) is 4.59. The summed E-state index contributed by atoms with van der Waals surface area (Å²) in [5.41, 5.74) is 2.73. The van der Waals surface area contributed by atoms with Gasteiger partial charge in [-0.25, -0.2) is 4.67 Å². The zero-order chi connectivity index (χ0) is 28.4. The third kappa shape index (κ3) is 7.63. The molecule has 3 rings (SSSR count). The second-order valence-corrected chi connectivity index (χ2v) is 11.2. The predicted octanol–water partition coefficient (Wildman–Crippen LogP) is 5.35. The molecule has 1 aliphatic rings. The summed E-state index contributed by atoms with van der Waals surface area (Å²) in [7, 11) is -1.31. The van der Waals surface area contributed by atoms with Gasteiger partial charge in [0.05, 0.1) is 36.8 Å². The molecule has 1 unspecified atom stereocenters. The van der Waals surface area contributed by atoms with E-state index in [0.29, 0.717) is 79.2 Å². The Morgan fingerprint density at radius 1 is 0.872 bits per heavy atom. The van der Waals surface area contributed by atoms with Gasteiger partial charge in [-0.1, -0.05) is 24.3 Å². The molecule has 39 heavy (non-hydrogen) atoms. The van der Waals surface area contributed by atoms with E-state index in [4.69, 9.17) is 19.4 Å². The van der Waals surface area contributed by atoms with Crippen LogP contribution in [-0.4, -0.2) is 66.3 Å². The van der Waals surface area contributed by atoms with Gasteiger partial charge in [0.2, 0.25) is 0 Å². The van der Waals surface area contributed by atoms with Crippen molar-refractivity contribution in [1.82, 2.24) is 4.67 Å². The molecule has 0 amide bonds. The largest absolute Gasteiger partial charge is 0.396 e. The molecule has 0 spiro atoms. The Morgan fingerprint density at radius 3 is 1.92 bits per heavy atom. The zero-order valence-electron chi connectivity index (χ0n) is 23.2. The maximum atomic E-state index is 13.7. The molecule has 10 heteroatoms. The molecule has 0 saturated heterocycles. The molecule has 0 fully saturated rings. The summed E-state index contributed by atoms with van der Waals surface area (Å²) in [6.45, 7) is 10.2. The van der Waals surface area contributed by atoms with E-state index in [9.17, 15) is 9.59 Å². The van der Waals surface area contributed by atoms with Crippen LogP contribution in [0, 0.1) is 11.3 Å². The lowest BCUT2D eigenvalue weighted by Gasteiger charge is -2.35. The first-order chi connectivity index (χ1) is 18.8. The first-order valence-corrected chi connectivity index (χ1v) is 14.6. The number of hydrogen-bond acceptors (Lipinski definition) is 9. The van der Waals surface area contributed by atoms with Crippen molar-refractivity contribution in [3.8, 4) is 6.07 Å². The van der Waals surface area contributed by atoms with Gasteiger partial charge in [0.15, 0.2) is 11.6 Å². The average molecular weight is 555 g/mol.